The van der Waals surface area contributed by atoms with Crippen molar-refractivity contribution in [3.05, 3.63) is 53.4 Å². The van der Waals surface area contributed by atoms with Crippen molar-refractivity contribution in [2.45, 2.75) is 43.8 Å². The lowest BCUT2D eigenvalue weighted by molar-refractivity contribution is -0.272. The summed E-state index contributed by atoms with van der Waals surface area (Å²) in [5.74, 6) is -7.17. The molecule has 0 unspecified atom stereocenters. The summed E-state index contributed by atoms with van der Waals surface area (Å²) in [6.07, 6.45) is -7.40. The van der Waals surface area contributed by atoms with E-state index in [1.54, 1.807) is 0 Å². The predicted molar refractivity (Wildman–Crippen MR) is 108 cm³/mol. The van der Waals surface area contributed by atoms with E-state index in [0.717, 1.165) is 38.4 Å². The molecule has 0 radical (unpaired) electrons. The highest BCUT2D eigenvalue weighted by Gasteiger charge is 2.65. The Balaban J connectivity index is 2.05. The third-order valence-corrected chi connectivity index (χ3v) is 6.10. The number of aromatic nitrogens is 1. The Morgan fingerprint density at radius 2 is 2.00 bits per heavy atom. The first kappa shape index (κ1) is 25.8. The number of carbonyl (C=O) groups excluding carboxylic acids is 1. The van der Waals surface area contributed by atoms with Gasteiger partial charge in [-0.2, -0.15) is 17.6 Å². The van der Waals surface area contributed by atoms with Gasteiger partial charge in [-0.25, -0.2) is 8.78 Å². The van der Waals surface area contributed by atoms with Crippen LogP contribution in [0.25, 0.3) is 0 Å². The summed E-state index contributed by atoms with van der Waals surface area (Å²) in [7, 11) is 1.02. The van der Waals surface area contributed by atoms with E-state index in [-0.39, 0.29) is 16.9 Å². The number of aliphatic hydroxyl groups excluding tert-OH is 1. The summed E-state index contributed by atoms with van der Waals surface area (Å²) in [6, 6.07) is 4.14. The number of carbonyl (C=O) groups is 1. The number of anilines is 1. The molecule has 1 aromatic heterocycles. The molecule has 1 saturated heterocycles. The van der Waals surface area contributed by atoms with Crippen molar-refractivity contribution in [1.29, 1.82) is 0 Å². The second kappa shape index (κ2) is 9.41. The Morgan fingerprint density at radius 3 is 2.59 bits per heavy atom. The fraction of sp³-hybridized carbons (Fsp3) is 0.455. The van der Waals surface area contributed by atoms with Crippen molar-refractivity contribution in [2.24, 2.45) is 5.92 Å². The van der Waals surface area contributed by atoms with Crippen LogP contribution < -0.4 is 10.1 Å². The molecular weight excluding hydrogens is 470 g/mol. The minimum Gasteiger partial charge on any atom is -0.493 e. The minimum atomic E-state index is -4.90. The van der Waals surface area contributed by atoms with Gasteiger partial charge in [-0.15, -0.1) is 0 Å². The number of pyridine rings is 1. The van der Waals surface area contributed by atoms with Gasteiger partial charge in [0.2, 0.25) is 5.82 Å². The number of aliphatic hydroxyl groups is 1. The van der Waals surface area contributed by atoms with E-state index in [1.807, 2.05) is 0 Å². The molecule has 0 aliphatic carbocycles. The molecule has 6 nitrogen and oxygen atoms in total. The molecule has 12 heteroatoms. The summed E-state index contributed by atoms with van der Waals surface area (Å²) in [5.41, 5.74) is -3.21. The number of nitrogens with zero attached hydrogens (tertiary/aromatic N) is 1. The summed E-state index contributed by atoms with van der Waals surface area (Å²) < 4.78 is 93.9. The summed E-state index contributed by atoms with van der Waals surface area (Å²) in [6.45, 7) is 1.09. The fourth-order valence-electron chi connectivity index (χ4n) is 4.04. The molecule has 1 amide bonds. The molecule has 3 rings (SSSR count). The highest BCUT2D eigenvalue weighted by Crippen LogP contribution is 2.55. The van der Waals surface area contributed by atoms with Crippen LogP contribution in [-0.4, -0.2) is 47.6 Å². The number of hydrogen-bond donors (Lipinski definition) is 2. The van der Waals surface area contributed by atoms with Gasteiger partial charge in [0, 0.05) is 29.3 Å². The molecule has 1 aliphatic rings. The molecule has 2 aromatic rings. The van der Waals surface area contributed by atoms with Crippen LogP contribution in [0.5, 0.6) is 5.75 Å². The lowest BCUT2D eigenvalue weighted by Crippen LogP contribution is -2.47. The number of halogens is 6. The monoisotopic (exact) mass is 492 g/mol. The van der Waals surface area contributed by atoms with Crippen molar-refractivity contribution in [1.82, 2.24) is 4.98 Å². The van der Waals surface area contributed by atoms with Gasteiger partial charge in [0.25, 0.3) is 5.91 Å². The number of hydrogen-bond acceptors (Lipinski definition) is 5. The number of amides is 1. The quantitative estimate of drug-likeness (QED) is 0.583. The molecule has 186 valence electrons. The average molecular weight is 492 g/mol. The first-order valence-electron chi connectivity index (χ1n) is 10.1. The second-order valence-corrected chi connectivity index (χ2v) is 8.05. The lowest BCUT2D eigenvalue weighted by Gasteiger charge is -2.32. The van der Waals surface area contributed by atoms with E-state index in [1.165, 1.54) is 13.0 Å². The van der Waals surface area contributed by atoms with E-state index >= 15 is 0 Å². The maximum Gasteiger partial charge on any atom is 0.417 e. The zero-order chi connectivity index (χ0) is 25.4. The summed E-state index contributed by atoms with van der Waals surface area (Å²) in [5, 5.41) is 11.3. The van der Waals surface area contributed by atoms with Crippen LogP contribution in [0.3, 0.4) is 0 Å². The van der Waals surface area contributed by atoms with Gasteiger partial charge >= 0.3 is 6.18 Å². The molecule has 2 N–H and O–H groups in total. The number of nitrogens with one attached hydrogen (secondary N) is 1. The average Bonchev–Trinajstić information content (AvgIpc) is 3.07. The van der Waals surface area contributed by atoms with Gasteiger partial charge < -0.3 is 19.9 Å². The Bertz CT molecular complexity index is 1070. The standard InChI is InChI=1S/C22H22F6N2O4/c1-10-16(12-4-5-13(23)17(25)18(12)33-3)19(34-21(10,2)22(26,27)28)20(32)30-11-6-7-29-15(8-11)14(24)9-31/h4-8,10,14,16,19,31H,9H2,1-3H3,(H,29,30,32)/t10-,14+,16-,19+,21+/m0/s1. The second-order valence-electron chi connectivity index (χ2n) is 8.05. The highest BCUT2D eigenvalue weighted by atomic mass is 19.4. The maximum absolute atomic E-state index is 14.4. The normalized spacial score (nSPS) is 25.8. The van der Waals surface area contributed by atoms with E-state index in [2.05, 4.69) is 10.3 Å². The van der Waals surface area contributed by atoms with Gasteiger partial charge in [0.1, 0.15) is 6.10 Å². The zero-order valence-electron chi connectivity index (χ0n) is 18.3. The van der Waals surface area contributed by atoms with Crippen LogP contribution in [0.15, 0.2) is 30.5 Å². The molecule has 0 saturated carbocycles. The van der Waals surface area contributed by atoms with E-state index in [4.69, 9.17) is 14.6 Å². The summed E-state index contributed by atoms with van der Waals surface area (Å²) >= 11 is 0. The predicted octanol–water partition coefficient (Wildman–Crippen LogP) is 4.45. The fourth-order valence-corrected chi connectivity index (χ4v) is 4.04. The van der Waals surface area contributed by atoms with Crippen LogP contribution >= 0.6 is 0 Å². The molecular formula is C22H22F6N2O4. The summed E-state index contributed by atoms with van der Waals surface area (Å²) in [4.78, 5) is 16.8. The number of ether oxygens (including phenoxy) is 2. The topological polar surface area (TPSA) is 80.7 Å². The molecule has 1 aromatic carbocycles. The van der Waals surface area contributed by atoms with Crippen LogP contribution in [0, 0.1) is 17.6 Å². The SMILES string of the molecule is COc1c([C@H]2[C@H](C(=O)Nc3ccnc([C@H](F)CO)c3)O[C@@](C)(C(F)(F)F)[C@H]2C)ccc(F)c1F. The smallest absolute Gasteiger partial charge is 0.417 e. The van der Waals surface area contributed by atoms with Crippen LogP contribution in [-0.2, 0) is 9.53 Å². The van der Waals surface area contributed by atoms with E-state index in [0.29, 0.717) is 0 Å². The third kappa shape index (κ3) is 4.43. The molecule has 1 fully saturated rings. The highest BCUT2D eigenvalue weighted by molar-refractivity contribution is 5.95. The maximum atomic E-state index is 14.4. The van der Waals surface area contributed by atoms with Crippen molar-refractivity contribution in [3.8, 4) is 5.75 Å². The Morgan fingerprint density at radius 1 is 1.32 bits per heavy atom. The molecule has 5 atom stereocenters. The molecule has 34 heavy (non-hydrogen) atoms. The van der Waals surface area contributed by atoms with Gasteiger partial charge in [0.05, 0.1) is 19.4 Å². The minimum absolute atomic E-state index is 0.0148. The molecule has 2 heterocycles. The molecule has 0 bridgehead atoms. The zero-order valence-corrected chi connectivity index (χ0v) is 18.3. The van der Waals surface area contributed by atoms with E-state index in [9.17, 15) is 31.1 Å². The third-order valence-electron chi connectivity index (χ3n) is 6.10. The van der Waals surface area contributed by atoms with Gasteiger partial charge in [-0.05, 0) is 25.1 Å². The Labute approximate surface area is 190 Å². The van der Waals surface area contributed by atoms with Crippen molar-refractivity contribution in [2.75, 3.05) is 19.0 Å². The number of rotatable bonds is 6. The van der Waals surface area contributed by atoms with Crippen LogP contribution in [0.4, 0.5) is 32.0 Å². The van der Waals surface area contributed by atoms with E-state index < -0.39 is 65.8 Å². The first-order chi connectivity index (χ1) is 15.9. The van der Waals surface area contributed by atoms with Crippen molar-refractivity contribution < 1.29 is 45.7 Å². The Hall–Kier alpha value is -2.86. The molecule has 0 spiro atoms. The number of alkyl halides is 4. The van der Waals surface area contributed by atoms with Crippen LogP contribution in [0.1, 0.15) is 37.2 Å². The Kier molecular flexibility index (Phi) is 7.13. The number of methoxy groups -OCH3 is 1. The van der Waals surface area contributed by atoms with Gasteiger partial charge in [0.15, 0.2) is 23.3 Å². The first-order valence-corrected chi connectivity index (χ1v) is 10.1. The van der Waals surface area contributed by atoms with Gasteiger partial charge in [-0.3, -0.25) is 9.78 Å². The molecule has 1 aliphatic heterocycles. The van der Waals surface area contributed by atoms with Crippen molar-refractivity contribution in [3.63, 3.8) is 0 Å². The van der Waals surface area contributed by atoms with Crippen molar-refractivity contribution >= 4 is 11.6 Å². The number of benzene rings is 1. The lowest BCUT2D eigenvalue weighted by atomic mass is 9.77. The van der Waals surface area contributed by atoms with Crippen LogP contribution in [0.2, 0.25) is 0 Å². The van der Waals surface area contributed by atoms with Gasteiger partial charge in [-0.1, -0.05) is 13.0 Å². The largest absolute Gasteiger partial charge is 0.493 e.